The summed E-state index contributed by atoms with van der Waals surface area (Å²) in [5.41, 5.74) is 4.75. The number of carbonyl (C=O) groups excluding carboxylic acids is 1. The molecule has 1 unspecified atom stereocenters. The first-order chi connectivity index (χ1) is 11.6. The van der Waals surface area contributed by atoms with Gasteiger partial charge in [-0.15, -0.1) is 0 Å². The van der Waals surface area contributed by atoms with E-state index in [0.717, 1.165) is 22.4 Å². The summed E-state index contributed by atoms with van der Waals surface area (Å²) >= 11 is 0. The molecule has 3 nitrogen and oxygen atoms in total. The van der Waals surface area contributed by atoms with Crippen LogP contribution < -0.4 is 5.32 Å². The van der Waals surface area contributed by atoms with Crippen molar-refractivity contribution in [1.29, 1.82) is 0 Å². The van der Waals surface area contributed by atoms with Crippen LogP contribution in [0.1, 0.15) is 34.6 Å². The Kier molecular flexibility index (Phi) is 4.71. The van der Waals surface area contributed by atoms with Gasteiger partial charge in [0.15, 0.2) is 0 Å². The molecule has 0 bridgehead atoms. The van der Waals surface area contributed by atoms with Crippen molar-refractivity contribution in [1.82, 2.24) is 10.3 Å². The number of aryl methyl sites for hydroxylation is 1. The van der Waals surface area contributed by atoms with Gasteiger partial charge in [0, 0.05) is 17.5 Å². The lowest BCUT2D eigenvalue weighted by Gasteiger charge is -2.14. The van der Waals surface area contributed by atoms with Gasteiger partial charge in [0.05, 0.1) is 6.04 Å². The Labute approximate surface area is 142 Å². The third kappa shape index (κ3) is 3.69. The van der Waals surface area contributed by atoms with E-state index in [1.54, 1.807) is 6.20 Å². The number of hydrogen-bond acceptors (Lipinski definition) is 2. The lowest BCUT2D eigenvalue weighted by atomic mass is 10.0. The van der Waals surface area contributed by atoms with Gasteiger partial charge in [-0.1, -0.05) is 48.5 Å². The molecular formula is C21H20N2O. The molecule has 3 heteroatoms. The van der Waals surface area contributed by atoms with Crippen LogP contribution in [0.4, 0.5) is 0 Å². The van der Waals surface area contributed by atoms with Crippen LogP contribution in [-0.4, -0.2) is 10.9 Å². The van der Waals surface area contributed by atoms with Gasteiger partial charge in [0.2, 0.25) is 0 Å². The summed E-state index contributed by atoms with van der Waals surface area (Å²) in [6.45, 7) is 3.91. The largest absolute Gasteiger partial charge is 0.345 e. The molecule has 120 valence electrons. The van der Waals surface area contributed by atoms with E-state index >= 15 is 0 Å². The van der Waals surface area contributed by atoms with Crippen molar-refractivity contribution < 1.29 is 4.79 Å². The minimum atomic E-state index is -0.0917. The molecule has 0 aliphatic heterocycles. The quantitative estimate of drug-likeness (QED) is 0.767. The second-order valence-electron chi connectivity index (χ2n) is 5.87. The van der Waals surface area contributed by atoms with E-state index in [-0.39, 0.29) is 11.9 Å². The highest BCUT2D eigenvalue weighted by molar-refractivity contribution is 5.95. The summed E-state index contributed by atoms with van der Waals surface area (Å²) in [7, 11) is 0. The molecule has 3 rings (SSSR count). The summed E-state index contributed by atoms with van der Waals surface area (Å²) < 4.78 is 0. The fourth-order valence-corrected chi connectivity index (χ4v) is 2.57. The number of aromatic nitrogens is 1. The first-order valence-corrected chi connectivity index (χ1v) is 8.02. The first-order valence-electron chi connectivity index (χ1n) is 8.02. The van der Waals surface area contributed by atoms with Gasteiger partial charge in [0.25, 0.3) is 5.91 Å². The lowest BCUT2D eigenvalue weighted by Crippen LogP contribution is -2.26. The third-order valence-electron chi connectivity index (χ3n) is 4.01. The summed E-state index contributed by atoms with van der Waals surface area (Å²) in [5.74, 6) is -0.0825. The second-order valence-corrected chi connectivity index (χ2v) is 5.87. The number of pyridine rings is 1. The Morgan fingerprint density at radius 1 is 0.958 bits per heavy atom. The average molecular weight is 316 g/mol. The average Bonchev–Trinajstić information content (AvgIpc) is 2.63. The standard InChI is InChI=1S/C21H20N2O/c1-15-11-12-20(14-22-15)16(2)23-21(24)19-10-6-9-18(13-19)17-7-4-3-5-8-17/h3-14,16H,1-2H3,(H,23,24). The zero-order valence-corrected chi connectivity index (χ0v) is 13.9. The molecule has 0 radical (unpaired) electrons. The van der Waals surface area contributed by atoms with Crippen molar-refractivity contribution in [3.63, 3.8) is 0 Å². The minimum absolute atomic E-state index is 0.0825. The van der Waals surface area contributed by atoms with Gasteiger partial charge >= 0.3 is 0 Å². The Balaban J connectivity index is 1.77. The number of rotatable bonds is 4. The van der Waals surface area contributed by atoms with Crippen molar-refractivity contribution in [2.24, 2.45) is 0 Å². The van der Waals surface area contributed by atoms with Gasteiger partial charge < -0.3 is 5.32 Å². The van der Waals surface area contributed by atoms with Crippen LogP contribution in [0.3, 0.4) is 0 Å². The number of nitrogens with one attached hydrogen (secondary N) is 1. The van der Waals surface area contributed by atoms with Gasteiger partial charge in [-0.3, -0.25) is 9.78 Å². The number of nitrogens with zero attached hydrogens (tertiary/aromatic N) is 1. The van der Waals surface area contributed by atoms with E-state index in [4.69, 9.17) is 0 Å². The molecule has 0 saturated heterocycles. The predicted octanol–water partition coefficient (Wildman–Crippen LogP) is 4.55. The van der Waals surface area contributed by atoms with Crippen LogP contribution in [0.25, 0.3) is 11.1 Å². The van der Waals surface area contributed by atoms with Crippen LogP contribution in [0.15, 0.2) is 72.9 Å². The number of amides is 1. The normalized spacial score (nSPS) is 11.8. The Bertz CT molecular complexity index is 826. The maximum atomic E-state index is 12.5. The summed E-state index contributed by atoms with van der Waals surface area (Å²) in [5, 5.41) is 3.03. The molecule has 0 fully saturated rings. The van der Waals surface area contributed by atoms with Crippen LogP contribution in [0.2, 0.25) is 0 Å². The summed E-state index contributed by atoms with van der Waals surface area (Å²) in [4.78, 5) is 16.8. The fraction of sp³-hybridized carbons (Fsp3) is 0.143. The smallest absolute Gasteiger partial charge is 0.251 e. The van der Waals surface area contributed by atoms with E-state index in [0.29, 0.717) is 5.56 Å². The monoisotopic (exact) mass is 316 g/mol. The van der Waals surface area contributed by atoms with Crippen LogP contribution in [0.5, 0.6) is 0 Å². The molecular weight excluding hydrogens is 296 g/mol. The first kappa shape index (κ1) is 15.9. The third-order valence-corrected chi connectivity index (χ3v) is 4.01. The molecule has 1 atom stereocenters. The molecule has 0 saturated carbocycles. The molecule has 3 aromatic rings. The van der Waals surface area contributed by atoms with E-state index in [9.17, 15) is 4.79 Å². The van der Waals surface area contributed by atoms with E-state index in [1.807, 2.05) is 80.6 Å². The zero-order chi connectivity index (χ0) is 16.9. The van der Waals surface area contributed by atoms with Crippen LogP contribution in [-0.2, 0) is 0 Å². The summed E-state index contributed by atoms with van der Waals surface area (Å²) in [6.07, 6.45) is 1.81. The second kappa shape index (κ2) is 7.09. The molecule has 1 aromatic heterocycles. The lowest BCUT2D eigenvalue weighted by molar-refractivity contribution is 0.0940. The highest BCUT2D eigenvalue weighted by atomic mass is 16.1. The van der Waals surface area contributed by atoms with E-state index in [2.05, 4.69) is 10.3 Å². The van der Waals surface area contributed by atoms with Crippen molar-refractivity contribution in [2.75, 3.05) is 0 Å². The predicted molar refractivity (Wildman–Crippen MR) is 96.7 cm³/mol. The number of carbonyl (C=O) groups is 1. The van der Waals surface area contributed by atoms with Gasteiger partial charge in [-0.2, -0.15) is 0 Å². The van der Waals surface area contributed by atoms with Gasteiger partial charge in [-0.25, -0.2) is 0 Å². The van der Waals surface area contributed by atoms with Crippen LogP contribution in [0, 0.1) is 6.92 Å². The SMILES string of the molecule is Cc1ccc(C(C)NC(=O)c2cccc(-c3ccccc3)c2)cn1. The topological polar surface area (TPSA) is 42.0 Å². The van der Waals surface area contributed by atoms with Crippen molar-refractivity contribution in [3.8, 4) is 11.1 Å². The molecule has 1 N–H and O–H groups in total. The number of benzene rings is 2. The number of hydrogen-bond donors (Lipinski definition) is 1. The molecule has 0 spiro atoms. The summed E-state index contributed by atoms with van der Waals surface area (Å²) in [6, 6.07) is 21.6. The Morgan fingerprint density at radius 2 is 1.71 bits per heavy atom. The van der Waals surface area contributed by atoms with Crippen molar-refractivity contribution >= 4 is 5.91 Å². The molecule has 2 aromatic carbocycles. The maximum Gasteiger partial charge on any atom is 0.251 e. The van der Waals surface area contributed by atoms with Crippen molar-refractivity contribution in [3.05, 3.63) is 89.7 Å². The fourth-order valence-electron chi connectivity index (χ4n) is 2.57. The molecule has 0 aliphatic rings. The Morgan fingerprint density at radius 3 is 2.42 bits per heavy atom. The molecule has 1 heterocycles. The van der Waals surface area contributed by atoms with Gasteiger partial charge in [0.1, 0.15) is 0 Å². The van der Waals surface area contributed by atoms with Crippen molar-refractivity contribution in [2.45, 2.75) is 19.9 Å². The van der Waals surface area contributed by atoms with E-state index < -0.39 is 0 Å². The minimum Gasteiger partial charge on any atom is -0.345 e. The molecule has 24 heavy (non-hydrogen) atoms. The van der Waals surface area contributed by atoms with Gasteiger partial charge in [-0.05, 0) is 48.7 Å². The Hall–Kier alpha value is -2.94. The highest BCUT2D eigenvalue weighted by Gasteiger charge is 2.12. The van der Waals surface area contributed by atoms with E-state index in [1.165, 1.54) is 0 Å². The highest BCUT2D eigenvalue weighted by Crippen LogP contribution is 2.20. The van der Waals surface area contributed by atoms with Crippen LogP contribution >= 0.6 is 0 Å². The molecule has 0 aliphatic carbocycles. The zero-order valence-electron chi connectivity index (χ0n) is 13.9. The maximum absolute atomic E-state index is 12.5. The molecule has 1 amide bonds.